The normalized spacial score (nSPS) is 27.2. The highest BCUT2D eigenvalue weighted by Crippen LogP contribution is 2.28. The first-order valence-corrected chi connectivity index (χ1v) is 10.3. The summed E-state index contributed by atoms with van der Waals surface area (Å²) in [5.74, 6) is 0. The number of halogens is 1. The number of aliphatic hydroxyl groups is 1. The van der Waals surface area contributed by atoms with Gasteiger partial charge in [0.2, 0.25) is 0 Å². The van der Waals surface area contributed by atoms with E-state index in [0.29, 0.717) is 13.1 Å². The molecular weight excluding hydrogens is 425 g/mol. The molecule has 0 aliphatic carbocycles. The van der Waals surface area contributed by atoms with Crippen LogP contribution in [-0.4, -0.2) is 41.6 Å². The number of ether oxygens (including phenoxy) is 1. The molecule has 0 amide bonds. The lowest BCUT2D eigenvalue weighted by Gasteiger charge is -2.37. The van der Waals surface area contributed by atoms with Crippen molar-refractivity contribution in [2.75, 3.05) is 6.54 Å². The van der Waals surface area contributed by atoms with E-state index < -0.39 is 17.7 Å². The second kappa shape index (κ2) is 8.49. The van der Waals surface area contributed by atoms with Crippen molar-refractivity contribution in [3.63, 3.8) is 0 Å². The molecule has 23 heavy (non-hydrogen) atoms. The average molecular weight is 451 g/mol. The van der Waals surface area contributed by atoms with Gasteiger partial charge in [0.05, 0.1) is 23.1 Å². The van der Waals surface area contributed by atoms with Gasteiger partial charge in [0.1, 0.15) is 4.75 Å². The first kappa shape index (κ1) is 19.5. The fourth-order valence-electron chi connectivity index (χ4n) is 2.56. The molecule has 1 aromatic rings. The second-order valence-corrected chi connectivity index (χ2v) is 10.8. The van der Waals surface area contributed by atoms with Gasteiger partial charge < -0.3 is 14.4 Å². The zero-order chi connectivity index (χ0) is 17.0. The van der Waals surface area contributed by atoms with E-state index in [1.54, 1.807) is 0 Å². The van der Waals surface area contributed by atoms with Gasteiger partial charge in [-0.1, -0.05) is 52.9 Å². The van der Waals surface area contributed by atoms with Gasteiger partial charge in [0, 0.05) is 11.4 Å². The molecule has 2 unspecified atom stereocenters. The van der Waals surface area contributed by atoms with E-state index in [4.69, 9.17) is 4.74 Å². The van der Waals surface area contributed by atoms with Gasteiger partial charge >= 0.3 is 0 Å². The number of hydrogen-bond acceptors (Lipinski definition) is 4. The van der Waals surface area contributed by atoms with Crippen molar-refractivity contribution in [2.45, 2.75) is 61.2 Å². The molecule has 1 heterocycles. The lowest BCUT2D eigenvalue weighted by atomic mass is 10.1. The summed E-state index contributed by atoms with van der Waals surface area (Å²) in [5, 5.41) is 9.93. The standard InChI is InChI=1S/C17H26INO3S/c1-17(2,3)23(21)19(11-13-7-5-4-6-8-13)12-14-9-10-15(18)16(20)22-14/h4-8,14-16,20H,9-12H2,1-3H3/t14-,15?,16?,23-/m0/s1. The highest BCUT2D eigenvalue weighted by atomic mass is 127. The molecule has 0 spiro atoms. The molecule has 4 nitrogen and oxygen atoms in total. The third-order valence-electron chi connectivity index (χ3n) is 3.77. The molecule has 1 aliphatic heterocycles. The van der Waals surface area contributed by atoms with E-state index in [0.717, 1.165) is 18.4 Å². The largest absolute Gasteiger partial charge is 0.597 e. The summed E-state index contributed by atoms with van der Waals surface area (Å²) >= 11 is 1.10. The van der Waals surface area contributed by atoms with Gasteiger partial charge in [-0.05, 0) is 39.2 Å². The molecule has 4 atom stereocenters. The maximum atomic E-state index is 12.9. The smallest absolute Gasteiger partial charge is 0.166 e. The summed E-state index contributed by atoms with van der Waals surface area (Å²) in [6, 6.07) is 10.1. The minimum Gasteiger partial charge on any atom is -0.597 e. The van der Waals surface area contributed by atoms with Crippen molar-refractivity contribution in [3.05, 3.63) is 35.9 Å². The summed E-state index contributed by atoms with van der Waals surface area (Å²) in [5.41, 5.74) is 1.13. The van der Waals surface area contributed by atoms with Crippen molar-refractivity contribution >= 4 is 34.0 Å². The molecule has 2 rings (SSSR count). The summed E-state index contributed by atoms with van der Waals surface area (Å²) < 4.78 is 20.4. The first-order chi connectivity index (χ1) is 10.8. The van der Waals surface area contributed by atoms with Gasteiger partial charge in [0.15, 0.2) is 6.29 Å². The topological polar surface area (TPSA) is 55.8 Å². The zero-order valence-electron chi connectivity index (χ0n) is 13.9. The summed E-state index contributed by atoms with van der Waals surface area (Å²) in [4.78, 5) is 0. The summed E-state index contributed by atoms with van der Waals surface area (Å²) in [7, 11) is 0. The molecular formula is C17H26INO3S. The van der Waals surface area contributed by atoms with Gasteiger partial charge in [-0.2, -0.15) is 0 Å². The van der Waals surface area contributed by atoms with Crippen molar-refractivity contribution < 1.29 is 14.4 Å². The minimum atomic E-state index is -1.13. The Bertz CT molecular complexity index is 482. The van der Waals surface area contributed by atoms with Crippen LogP contribution in [0.25, 0.3) is 0 Å². The fourth-order valence-corrected chi connectivity index (χ4v) is 4.44. The van der Waals surface area contributed by atoms with Gasteiger partial charge in [-0.3, -0.25) is 0 Å². The Morgan fingerprint density at radius 2 is 1.96 bits per heavy atom. The van der Waals surface area contributed by atoms with Crippen LogP contribution in [0.2, 0.25) is 0 Å². The predicted molar refractivity (Wildman–Crippen MR) is 103 cm³/mol. The van der Waals surface area contributed by atoms with Gasteiger partial charge in [-0.25, -0.2) is 0 Å². The molecule has 130 valence electrons. The molecule has 0 radical (unpaired) electrons. The molecule has 1 fully saturated rings. The van der Waals surface area contributed by atoms with Crippen LogP contribution in [0.15, 0.2) is 30.3 Å². The molecule has 6 heteroatoms. The predicted octanol–water partition coefficient (Wildman–Crippen LogP) is 3.25. The van der Waals surface area contributed by atoms with Crippen LogP contribution in [0.4, 0.5) is 0 Å². The number of rotatable bonds is 5. The lowest BCUT2D eigenvalue weighted by molar-refractivity contribution is -0.157. The van der Waals surface area contributed by atoms with Crippen molar-refractivity contribution in [2.24, 2.45) is 0 Å². The van der Waals surface area contributed by atoms with Crippen LogP contribution in [0.3, 0.4) is 0 Å². The van der Waals surface area contributed by atoms with Crippen LogP contribution in [0.5, 0.6) is 0 Å². The second-order valence-electron chi connectivity index (χ2n) is 6.91. The van der Waals surface area contributed by atoms with E-state index in [1.165, 1.54) is 0 Å². The number of benzene rings is 1. The average Bonchev–Trinajstić information content (AvgIpc) is 2.49. The SMILES string of the molecule is CC(C)(C)[S@+]([O-])N(Cc1ccccc1)C[C@@H]1CCC(I)C(O)O1. The van der Waals surface area contributed by atoms with E-state index in [1.807, 2.05) is 55.4 Å². The number of hydrogen-bond donors (Lipinski definition) is 1. The van der Waals surface area contributed by atoms with Crippen LogP contribution in [-0.2, 0) is 22.6 Å². The Kier molecular flexibility index (Phi) is 7.18. The fraction of sp³-hybridized carbons (Fsp3) is 0.647. The molecule has 1 saturated heterocycles. The molecule has 0 bridgehead atoms. The number of alkyl halides is 1. The Balaban J connectivity index is 2.07. The third kappa shape index (κ3) is 5.86. The first-order valence-electron chi connectivity index (χ1n) is 7.96. The monoisotopic (exact) mass is 451 g/mol. The summed E-state index contributed by atoms with van der Waals surface area (Å²) in [6.07, 6.45) is 1.01. The molecule has 1 N–H and O–H groups in total. The molecule has 1 aliphatic rings. The van der Waals surface area contributed by atoms with Crippen LogP contribution < -0.4 is 0 Å². The Hall–Kier alpha value is 0.140. The van der Waals surface area contributed by atoms with Crippen molar-refractivity contribution in [3.8, 4) is 0 Å². The van der Waals surface area contributed by atoms with Crippen molar-refractivity contribution in [1.29, 1.82) is 0 Å². The van der Waals surface area contributed by atoms with Crippen LogP contribution in [0.1, 0.15) is 39.2 Å². The number of aliphatic hydroxyl groups excluding tert-OH is 1. The van der Waals surface area contributed by atoms with E-state index >= 15 is 0 Å². The lowest BCUT2D eigenvalue weighted by Crippen LogP contribution is -2.48. The highest BCUT2D eigenvalue weighted by Gasteiger charge is 2.37. The minimum absolute atomic E-state index is 0.0778. The Morgan fingerprint density at radius 3 is 2.52 bits per heavy atom. The Labute approximate surface area is 156 Å². The van der Waals surface area contributed by atoms with Crippen LogP contribution in [0, 0.1) is 0 Å². The third-order valence-corrected chi connectivity index (χ3v) is 6.81. The highest BCUT2D eigenvalue weighted by molar-refractivity contribution is 14.1. The van der Waals surface area contributed by atoms with E-state index in [-0.39, 0.29) is 14.8 Å². The zero-order valence-corrected chi connectivity index (χ0v) is 16.9. The van der Waals surface area contributed by atoms with Gasteiger partial charge in [-0.15, -0.1) is 4.31 Å². The van der Waals surface area contributed by atoms with E-state index in [9.17, 15) is 9.66 Å². The number of nitrogens with zero attached hydrogens (tertiary/aromatic N) is 1. The van der Waals surface area contributed by atoms with Gasteiger partial charge in [0.25, 0.3) is 0 Å². The molecule has 1 aromatic carbocycles. The Morgan fingerprint density at radius 1 is 1.30 bits per heavy atom. The van der Waals surface area contributed by atoms with Crippen LogP contribution >= 0.6 is 22.6 Å². The molecule has 0 saturated carbocycles. The quantitative estimate of drug-likeness (QED) is 0.424. The van der Waals surface area contributed by atoms with E-state index in [2.05, 4.69) is 22.6 Å². The maximum absolute atomic E-state index is 12.9. The maximum Gasteiger partial charge on any atom is 0.166 e. The molecule has 0 aromatic heterocycles. The summed E-state index contributed by atoms with van der Waals surface area (Å²) in [6.45, 7) is 7.14. The van der Waals surface area contributed by atoms with Crippen molar-refractivity contribution in [1.82, 2.24) is 4.31 Å².